The number of nitrogens with one attached hydrogen (secondary N) is 2. The number of amides is 3. The van der Waals surface area contributed by atoms with Crippen LogP contribution in [0.1, 0.15) is 46.5 Å². The molecule has 0 aromatic carbocycles. The second kappa shape index (κ2) is 7.06. The van der Waals surface area contributed by atoms with Crippen molar-refractivity contribution in [1.82, 2.24) is 15.5 Å². The third-order valence-corrected chi connectivity index (χ3v) is 4.74. The van der Waals surface area contributed by atoms with Gasteiger partial charge in [-0.3, -0.25) is 9.59 Å². The number of nitrogens with zero attached hydrogens (tertiary/aromatic N) is 1. The summed E-state index contributed by atoms with van der Waals surface area (Å²) in [6.07, 6.45) is 4.51. The van der Waals surface area contributed by atoms with Crippen molar-refractivity contribution in [1.29, 1.82) is 0 Å². The van der Waals surface area contributed by atoms with Crippen LogP contribution < -0.4 is 10.6 Å². The third kappa shape index (κ3) is 5.21. The highest BCUT2D eigenvalue weighted by Crippen LogP contribution is 2.55. The number of hydrogen-bond acceptors (Lipinski definition) is 4. The van der Waals surface area contributed by atoms with Crippen LogP contribution in [0.25, 0.3) is 0 Å². The summed E-state index contributed by atoms with van der Waals surface area (Å²) in [6.45, 7) is 8.96. The minimum atomic E-state index is -0.489. The Bertz CT molecular complexity index is 553. The molecule has 0 aliphatic heterocycles. The van der Waals surface area contributed by atoms with Crippen LogP contribution >= 0.6 is 0 Å². The maximum Gasteiger partial charge on any atom is 0.407 e. The van der Waals surface area contributed by atoms with E-state index in [2.05, 4.69) is 17.2 Å². The van der Waals surface area contributed by atoms with Crippen LogP contribution in [-0.2, 0) is 14.3 Å². The number of carbonyl (C=O) groups excluding carboxylic acids is 3. The normalized spacial score (nSPS) is 27.5. The molecule has 0 atom stereocenters. The van der Waals surface area contributed by atoms with Crippen LogP contribution in [0.5, 0.6) is 0 Å². The maximum absolute atomic E-state index is 11.9. The minimum absolute atomic E-state index is 0.0389. The van der Waals surface area contributed by atoms with Crippen LogP contribution in [0.15, 0.2) is 12.7 Å². The van der Waals surface area contributed by atoms with Gasteiger partial charge in [0.2, 0.25) is 11.8 Å². The number of alkyl carbamates (subject to hydrolysis) is 1. The van der Waals surface area contributed by atoms with Crippen molar-refractivity contribution >= 4 is 17.9 Å². The molecule has 2 rings (SSSR count). The van der Waals surface area contributed by atoms with E-state index in [1.54, 1.807) is 7.05 Å². The van der Waals surface area contributed by atoms with Crippen LogP contribution in [0.2, 0.25) is 0 Å². The van der Waals surface area contributed by atoms with E-state index < -0.39 is 5.60 Å². The summed E-state index contributed by atoms with van der Waals surface area (Å²) in [6, 6.07) is 0.310. The largest absolute Gasteiger partial charge is 0.444 e. The van der Waals surface area contributed by atoms with Gasteiger partial charge in [-0.05, 0) is 57.9 Å². The molecule has 3 amide bonds. The molecule has 2 N–H and O–H groups in total. The molecule has 0 heterocycles. The Morgan fingerprint density at radius 2 is 1.68 bits per heavy atom. The van der Waals surface area contributed by atoms with Gasteiger partial charge in [0.1, 0.15) is 5.60 Å². The lowest BCUT2D eigenvalue weighted by Crippen LogP contribution is -2.61. The Morgan fingerprint density at radius 3 is 2.16 bits per heavy atom. The average molecular weight is 351 g/mol. The SMILES string of the molecule is C=CC(=O)N(C)CC(=O)NC1CC2(C1)CC(NC(=O)OC(C)(C)C)C2. The van der Waals surface area contributed by atoms with Crippen molar-refractivity contribution in [2.45, 2.75) is 64.1 Å². The van der Waals surface area contributed by atoms with E-state index in [1.807, 2.05) is 20.8 Å². The number of likely N-dealkylation sites (N-methyl/N-ethyl adjacent to an activating group) is 1. The number of ether oxygens (including phenoxy) is 1. The van der Waals surface area contributed by atoms with E-state index in [9.17, 15) is 14.4 Å². The zero-order valence-corrected chi connectivity index (χ0v) is 15.6. The van der Waals surface area contributed by atoms with E-state index in [4.69, 9.17) is 4.74 Å². The van der Waals surface area contributed by atoms with Crippen LogP contribution in [-0.4, -0.2) is 54.1 Å². The highest BCUT2D eigenvalue weighted by Gasteiger charge is 2.53. The molecule has 1 spiro atoms. The van der Waals surface area contributed by atoms with E-state index in [-0.39, 0.29) is 42.0 Å². The predicted molar refractivity (Wildman–Crippen MR) is 93.8 cm³/mol. The fraction of sp³-hybridized carbons (Fsp3) is 0.722. The fourth-order valence-electron chi connectivity index (χ4n) is 3.71. The molecule has 0 bridgehead atoms. The van der Waals surface area contributed by atoms with Gasteiger partial charge in [-0.15, -0.1) is 0 Å². The summed E-state index contributed by atoms with van der Waals surface area (Å²) in [7, 11) is 1.57. The van der Waals surface area contributed by atoms with Crippen LogP contribution in [0.3, 0.4) is 0 Å². The van der Waals surface area contributed by atoms with Gasteiger partial charge in [0, 0.05) is 19.1 Å². The topological polar surface area (TPSA) is 87.7 Å². The Balaban J connectivity index is 1.63. The lowest BCUT2D eigenvalue weighted by Gasteiger charge is -2.57. The zero-order chi connectivity index (χ0) is 18.8. The van der Waals surface area contributed by atoms with Crippen molar-refractivity contribution in [3.63, 3.8) is 0 Å². The Kier molecular flexibility index (Phi) is 5.44. The molecule has 7 nitrogen and oxygen atoms in total. The van der Waals surface area contributed by atoms with E-state index in [0.717, 1.165) is 25.7 Å². The summed E-state index contributed by atoms with van der Waals surface area (Å²) in [5, 5.41) is 5.85. The molecule has 0 aromatic rings. The molecule has 140 valence electrons. The molecule has 0 aromatic heterocycles. The summed E-state index contributed by atoms with van der Waals surface area (Å²) in [5.41, 5.74) is -0.252. The smallest absolute Gasteiger partial charge is 0.407 e. The fourth-order valence-corrected chi connectivity index (χ4v) is 3.71. The van der Waals surface area contributed by atoms with Gasteiger partial charge in [-0.1, -0.05) is 6.58 Å². The minimum Gasteiger partial charge on any atom is -0.444 e. The van der Waals surface area contributed by atoms with Crippen molar-refractivity contribution in [3.05, 3.63) is 12.7 Å². The second-order valence-corrected chi connectivity index (χ2v) is 8.32. The van der Waals surface area contributed by atoms with Gasteiger partial charge in [-0.25, -0.2) is 4.79 Å². The predicted octanol–water partition coefficient (Wildman–Crippen LogP) is 1.58. The van der Waals surface area contributed by atoms with Gasteiger partial charge in [-0.2, -0.15) is 0 Å². The molecule has 25 heavy (non-hydrogen) atoms. The second-order valence-electron chi connectivity index (χ2n) is 8.32. The number of hydrogen-bond donors (Lipinski definition) is 2. The van der Waals surface area contributed by atoms with Crippen molar-refractivity contribution < 1.29 is 19.1 Å². The molecule has 2 saturated carbocycles. The maximum atomic E-state index is 11.9. The molecule has 2 fully saturated rings. The van der Waals surface area contributed by atoms with Gasteiger partial charge >= 0.3 is 6.09 Å². The molecule has 0 radical (unpaired) electrons. The van der Waals surface area contributed by atoms with Crippen molar-refractivity contribution in [2.75, 3.05) is 13.6 Å². The van der Waals surface area contributed by atoms with Gasteiger partial charge < -0.3 is 20.3 Å². The first-order valence-corrected chi connectivity index (χ1v) is 8.68. The lowest BCUT2D eigenvalue weighted by atomic mass is 9.52. The highest BCUT2D eigenvalue weighted by molar-refractivity contribution is 5.90. The summed E-state index contributed by atoms with van der Waals surface area (Å²) < 4.78 is 5.26. The van der Waals surface area contributed by atoms with Crippen LogP contribution in [0.4, 0.5) is 4.79 Å². The molecular formula is C18H29N3O4. The molecule has 2 aliphatic carbocycles. The number of rotatable bonds is 5. The monoisotopic (exact) mass is 351 g/mol. The van der Waals surface area contributed by atoms with E-state index in [0.29, 0.717) is 0 Å². The average Bonchev–Trinajstić information content (AvgIpc) is 2.39. The molecule has 0 unspecified atom stereocenters. The highest BCUT2D eigenvalue weighted by atomic mass is 16.6. The first-order valence-electron chi connectivity index (χ1n) is 8.68. The zero-order valence-electron chi connectivity index (χ0n) is 15.6. The lowest BCUT2D eigenvalue weighted by molar-refractivity contribution is -0.133. The Hall–Kier alpha value is -2.05. The number of carbonyl (C=O) groups is 3. The van der Waals surface area contributed by atoms with Gasteiger partial charge in [0.25, 0.3) is 0 Å². The van der Waals surface area contributed by atoms with E-state index in [1.165, 1.54) is 11.0 Å². The third-order valence-electron chi connectivity index (χ3n) is 4.74. The van der Waals surface area contributed by atoms with Crippen molar-refractivity contribution in [3.8, 4) is 0 Å². The Labute approximate surface area is 149 Å². The molecule has 0 saturated heterocycles. The molecule has 7 heteroatoms. The summed E-state index contributed by atoms with van der Waals surface area (Å²) in [4.78, 5) is 36.4. The quantitative estimate of drug-likeness (QED) is 0.736. The van der Waals surface area contributed by atoms with Gasteiger partial charge in [0.15, 0.2) is 0 Å². The Morgan fingerprint density at radius 1 is 1.16 bits per heavy atom. The van der Waals surface area contributed by atoms with Gasteiger partial charge in [0.05, 0.1) is 6.54 Å². The van der Waals surface area contributed by atoms with Crippen molar-refractivity contribution in [2.24, 2.45) is 5.41 Å². The molecule has 2 aliphatic rings. The first kappa shape index (κ1) is 19.3. The first-order chi connectivity index (χ1) is 11.5. The molecular weight excluding hydrogens is 322 g/mol. The van der Waals surface area contributed by atoms with Crippen LogP contribution in [0, 0.1) is 5.41 Å². The summed E-state index contributed by atoms with van der Waals surface area (Å²) >= 11 is 0. The van der Waals surface area contributed by atoms with E-state index >= 15 is 0 Å². The summed E-state index contributed by atoms with van der Waals surface area (Å²) in [5.74, 6) is -0.421. The standard InChI is InChI=1S/C18H29N3O4/c1-6-15(23)21(5)11-14(22)19-12-7-18(8-12)9-13(10-18)20-16(24)25-17(2,3)4/h6,12-13H,1,7-11H2,2-5H3,(H,19,22)(H,20,24).